The topological polar surface area (TPSA) is 74.2 Å². The Balaban J connectivity index is 2.28. The van der Waals surface area contributed by atoms with Gasteiger partial charge in [0.15, 0.2) is 5.82 Å². The van der Waals surface area contributed by atoms with Gasteiger partial charge in [-0.25, -0.2) is 0 Å². The predicted octanol–water partition coefficient (Wildman–Crippen LogP) is 0.731. The van der Waals surface area contributed by atoms with Crippen molar-refractivity contribution in [1.82, 2.24) is 10.1 Å². The van der Waals surface area contributed by atoms with Gasteiger partial charge in [-0.3, -0.25) is 0 Å². The van der Waals surface area contributed by atoms with Crippen molar-refractivity contribution >= 4 is 6.01 Å². The number of nitrogen functional groups attached to an aromatic ring is 1. The summed E-state index contributed by atoms with van der Waals surface area (Å²) < 4.78 is 43.2. The molecule has 0 saturated heterocycles. The highest BCUT2D eigenvalue weighted by Crippen LogP contribution is 2.15. The minimum absolute atomic E-state index is 0.0123. The molecule has 0 radical (unpaired) electrons. The summed E-state index contributed by atoms with van der Waals surface area (Å²) in [5.41, 5.74) is 5.02. The number of halogens is 3. The standard InChI is InChI=1S/C5H6F3N3O2/c6-5(7,8)2-12-1-3-10-4(9)13-11-3/h1-2H2,(H2,9,10,11). The first-order chi connectivity index (χ1) is 5.97. The Labute approximate surface area is 70.7 Å². The van der Waals surface area contributed by atoms with E-state index in [9.17, 15) is 13.2 Å². The number of hydrogen-bond donors (Lipinski definition) is 1. The van der Waals surface area contributed by atoms with Crippen LogP contribution in [-0.2, 0) is 11.3 Å². The van der Waals surface area contributed by atoms with E-state index >= 15 is 0 Å². The molecule has 1 aromatic heterocycles. The molecule has 0 saturated carbocycles. The van der Waals surface area contributed by atoms with E-state index in [-0.39, 0.29) is 18.4 Å². The van der Waals surface area contributed by atoms with E-state index in [1.54, 1.807) is 0 Å². The quantitative estimate of drug-likeness (QED) is 0.773. The van der Waals surface area contributed by atoms with Crippen molar-refractivity contribution in [2.75, 3.05) is 12.3 Å². The van der Waals surface area contributed by atoms with Crippen LogP contribution in [0.4, 0.5) is 19.2 Å². The Hall–Kier alpha value is -1.31. The predicted molar refractivity (Wildman–Crippen MR) is 34.4 cm³/mol. The molecule has 2 N–H and O–H groups in total. The van der Waals surface area contributed by atoms with E-state index in [0.29, 0.717) is 0 Å². The minimum Gasteiger partial charge on any atom is -0.364 e. The number of hydrogen-bond acceptors (Lipinski definition) is 5. The number of aromatic nitrogens is 2. The van der Waals surface area contributed by atoms with Gasteiger partial charge in [-0.2, -0.15) is 18.2 Å². The Morgan fingerprint density at radius 2 is 2.15 bits per heavy atom. The number of alkyl halides is 3. The fourth-order valence-electron chi connectivity index (χ4n) is 0.584. The molecule has 0 aromatic carbocycles. The first-order valence-electron chi connectivity index (χ1n) is 3.20. The zero-order valence-corrected chi connectivity index (χ0v) is 6.34. The molecule has 0 atom stereocenters. The second-order valence-electron chi connectivity index (χ2n) is 2.16. The third kappa shape index (κ3) is 3.74. The smallest absolute Gasteiger partial charge is 0.364 e. The molecule has 0 aliphatic heterocycles. The molecule has 0 spiro atoms. The van der Waals surface area contributed by atoms with Crippen molar-refractivity contribution in [3.8, 4) is 0 Å². The molecule has 0 aliphatic rings. The third-order valence-electron chi connectivity index (χ3n) is 0.981. The average molecular weight is 197 g/mol. The van der Waals surface area contributed by atoms with Gasteiger partial charge in [-0.05, 0) is 0 Å². The molecule has 8 heteroatoms. The van der Waals surface area contributed by atoms with E-state index in [4.69, 9.17) is 5.73 Å². The van der Waals surface area contributed by atoms with Gasteiger partial charge in [-0.1, -0.05) is 5.16 Å². The molecule has 0 amide bonds. The molecule has 1 rings (SSSR count). The first-order valence-corrected chi connectivity index (χ1v) is 3.20. The fourth-order valence-corrected chi connectivity index (χ4v) is 0.584. The van der Waals surface area contributed by atoms with Crippen LogP contribution in [0.2, 0.25) is 0 Å². The lowest BCUT2D eigenvalue weighted by atomic mass is 10.6. The summed E-state index contributed by atoms with van der Waals surface area (Å²) in [6.45, 7) is -1.72. The highest BCUT2D eigenvalue weighted by atomic mass is 19.4. The van der Waals surface area contributed by atoms with Gasteiger partial charge >= 0.3 is 12.2 Å². The van der Waals surface area contributed by atoms with Crippen molar-refractivity contribution < 1.29 is 22.4 Å². The van der Waals surface area contributed by atoms with Gasteiger partial charge < -0.3 is 15.0 Å². The summed E-state index contributed by atoms with van der Waals surface area (Å²) in [5.74, 6) is -0.0123. The minimum atomic E-state index is -4.35. The molecule has 0 unspecified atom stereocenters. The number of anilines is 1. The van der Waals surface area contributed by atoms with E-state index in [0.717, 1.165) is 0 Å². The Kier molecular flexibility index (Phi) is 2.71. The van der Waals surface area contributed by atoms with E-state index in [1.165, 1.54) is 0 Å². The maximum atomic E-state index is 11.5. The summed E-state index contributed by atoms with van der Waals surface area (Å²) >= 11 is 0. The second kappa shape index (κ2) is 3.60. The second-order valence-corrected chi connectivity index (χ2v) is 2.16. The van der Waals surface area contributed by atoms with Gasteiger partial charge in [0.25, 0.3) is 0 Å². The molecule has 0 aliphatic carbocycles. The lowest BCUT2D eigenvalue weighted by Gasteiger charge is -2.04. The molecule has 0 fully saturated rings. The SMILES string of the molecule is Nc1nc(COCC(F)(F)F)no1. The van der Waals surface area contributed by atoms with Crippen LogP contribution in [0.15, 0.2) is 4.52 Å². The molecule has 1 heterocycles. The van der Waals surface area contributed by atoms with Crippen LogP contribution in [0.25, 0.3) is 0 Å². The first kappa shape index (κ1) is 9.78. The Bertz CT molecular complexity index is 272. The molecule has 74 valence electrons. The summed E-state index contributed by atoms with van der Waals surface area (Å²) in [4.78, 5) is 3.44. The van der Waals surface area contributed by atoms with Crippen LogP contribution >= 0.6 is 0 Å². The number of nitrogens with two attached hydrogens (primary N) is 1. The lowest BCUT2D eigenvalue weighted by Crippen LogP contribution is -2.16. The van der Waals surface area contributed by atoms with Gasteiger partial charge in [-0.15, -0.1) is 0 Å². The molecule has 13 heavy (non-hydrogen) atoms. The maximum Gasteiger partial charge on any atom is 0.411 e. The number of nitrogens with zero attached hydrogens (tertiary/aromatic N) is 2. The van der Waals surface area contributed by atoms with Crippen LogP contribution in [0.1, 0.15) is 5.82 Å². The van der Waals surface area contributed by atoms with E-state index in [1.807, 2.05) is 0 Å². The highest BCUT2D eigenvalue weighted by molar-refractivity contribution is 5.06. The van der Waals surface area contributed by atoms with Crippen LogP contribution in [0, 0.1) is 0 Å². The molecular weight excluding hydrogens is 191 g/mol. The summed E-state index contributed by atoms with van der Waals surface area (Å²) in [6, 6.07) is -0.203. The van der Waals surface area contributed by atoms with Crippen LogP contribution < -0.4 is 5.73 Å². The van der Waals surface area contributed by atoms with Crippen molar-refractivity contribution in [2.45, 2.75) is 12.8 Å². The largest absolute Gasteiger partial charge is 0.411 e. The van der Waals surface area contributed by atoms with E-state index < -0.39 is 12.8 Å². The van der Waals surface area contributed by atoms with Gasteiger partial charge in [0.2, 0.25) is 0 Å². The Morgan fingerprint density at radius 1 is 1.46 bits per heavy atom. The Morgan fingerprint density at radius 3 is 2.62 bits per heavy atom. The highest BCUT2D eigenvalue weighted by Gasteiger charge is 2.27. The van der Waals surface area contributed by atoms with Crippen LogP contribution in [-0.4, -0.2) is 22.9 Å². The molecule has 5 nitrogen and oxygen atoms in total. The molecule has 0 bridgehead atoms. The molecular formula is C5H6F3N3O2. The van der Waals surface area contributed by atoms with Gasteiger partial charge in [0.05, 0.1) is 0 Å². The fraction of sp³-hybridized carbons (Fsp3) is 0.600. The van der Waals surface area contributed by atoms with Crippen molar-refractivity contribution in [1.29, 1.82) is 0 Å². The monoisotopic (exact) mass is 197 g/mol. The van der Waals surface area contributed by atoms with Crippen LogP contribution in [0.5, 0.6) is 0 Å². The van der Waals surface area contributed by atoms with Gasteiger partial charge in [0, 0.05) is 0 Å². The van der Waals surface area contributed by atoms with Crippen molar-refractivity contribution in [3.63, 3.8) is 0 Å². The van der Waals surface area contributed by atoms with E-state index in [2.05, 4.69) is 19.4 Å². The summed E-state index contributed by atoms with van der Waals surface area (Å²) in [5, 5.41) is 3.23. The third-order valence-corrected chi connectivity index (χ3v) is 0.981. The zero-order chi connectivity index (χ0) is 9.90. The summed E-state index contributed by atoms with van der Waals surface area (Å²) in [6.07, 6.45) is -4.35. The number of ether oxygens (including phenoxy) is 1. The number of rotatable bonds is 3. The van der Waals surface area contributed by atoms with Crippen LogP contribution in [0.3, 0.4) is 0 Å². The summed E-state index contributed by atoms with van der Waals surface area (Å²) in [7, 11) is 0. The van der Waals surface area contributed by atoms with Crippen molar-refractivity contribution in [2.24, 2.45) is 0 Å². The molecule has 1 aromatic rings. The maximum absolute atomic E-state index is 11.5. The normalized spacial score (nSPS) is 11.9. The average Bonchev–Trinajstić information content (AvgIpc) is 2.33. The van der Waals surface area contributed by atoms with Gasteiger partial charge in [0.1, 0.15) is 13.2 Å². The lowest BCUT2D eigenvalue weighted by molar-refractivity contribution is -0.177. The zero-order valence-electron chi connectivity index (χ0n) is 6.34. The van der Waals surface area contributed by atoms with Crippen molar-refractivity contribution in [3.05, 3.63) is 5.82 Å².